The first-order chi connectivity index (χ1) is 9.04. The Labute approximate surface area is 116 Å². The third-order valence-electron chi connectivity index (χ3n) is 2.63. The van der Waals surface area contributed by atoms with Crippen molar-refractivity contribution in [1.29, 1.82) is 0 Å². The molecular weight excluding hydrogens is 243 g/mol. The Kier molecular flexibility index (Phi) is 8.84. The normalized spacial score (nSPS) is 9.58. The molecule has 0 spiro atoms. The molecule has 0 saturated carbocycles. The number of Topliss-reactive ketones (excluding diaryl/α,β-unsaturated/α-hetero) is 1. The molecule has 0 radical (unpaired) electrons. The molecule has 0 heterocycles. The van der Waals surface area contributed by atoms with Crippen LogP contribution in [0.4, 0.5) is 4.39 Å². The zero-order chi connectivity index (χ0) is 14.8. The third-order valence-corrected chi connectivity index (χ3v) is 2.63. The molecule has 0 aliphatic carbocycles. The summed E-state index contributed by atoms with van der Waals surface area (Å²) in [4.78, 5) is 11.1. The second kappa shape index (κ2) is 9.54. The monoisotopic (exact) mass is 268 g/mol. The maximum Gasteiger partial charge on any atom is 0.134 e. The number of ether oxygens (including phenoxy) is 1. The van der Waals surface area contributed by atoms with E-state index in [2.05, 4.69) is 6.92 Å². The van der Waals surface area contributed by atoms with E-state index in [0.29, 0.717) is 23.5 Å². The summed E-state index contributed by atoms with van der Waals surface area (Å²) < 4.78 is 19.1. The van der Waals surface area contributed by atoms with Crippen LogP contribution in [0.2, 0.25) is 0 Å². The lowest BCUT2D eigenvalue weighted by Gasteiger charge is -2.10. The van der Waals surface area contributed by atoms with Gasteiger partial charge in [0.05, 0.1) is 6.61 Å². The van der Waals surface area contributed by atoms with Crippen LogP contribution < -0.4 is 4.74 Å². The van der Waals surface area contributed by atoms with Gasteiger partial charge in [0.15, 0.2) is 0 Å². The minimum Gasteiger partial charge on any atom is -0.493 e. The molecular formula is C16H25FO2. The standard InChI is InChI=1S/C14H19FO2.C2H6/c1-4-5-6-17-13-8-12(7-10(2)16)11(3)14(15)9-13;1-2/h8-9H,4-7H2,1-3H3;1-2H3. The van der Waals surface area contributed by atoms with Gasteiger partial charge in [0.2, 0.25) is 0 Å². The van der Waals surface area contributed by atoms with Crippen LogP contribution in [0.3, 0.4) is 0 Å². The quantitative estimate of drug-likeness (QED) is 0.711. The maximum absolute atomic E-state index is 13.6. The summed E-state index contributed by atoms with van der Waals surface area (Å²) in [5.41, 5.74) is 1.24. The predicted molar refractivity (Wildman–Crippen MR) is 77.3 cm³/mol. The molecule has 0 aliphatic rings. The number of hydrogen-bond acceptors (Lipinski definition) is 2. The van der Waals surface area contributed by atoms with Crippen molar-refractivity contribution >= 4 is 5.78 Å². The zero-order valence-corrected chi connectivity index (χ0v) is 12.7. The lowest BCUT2D eigenvalue weighted by molar-refractivity contribution is -0.116. The highest BCUT2D eigenvalue weighted by atomic mass is 19.1. The molecule has 0 saturated heterocycles. The zero-order valence-electron chi connectivity index (χ0n) is 12.7. The molecule has 0 amide bonds. The van der Waals surface area contributed by atoms with Crippen LogP contribution in [0.1, 0.15) is 51.7 Å². The topological polar surface area (TPSA) is 26.3 Å². The van der Waals surface area contributed by atoms with Gasteiger partial charge in [-0.15, -0.1) is 0 Å². The van der Waals surface area contributed by atoms with Crippen molar-refractivity contribution in [2.75, 3.05) is 6.61 Å². The van der Waals surface area contributed by atoms with Crippen molar-refractivity contribution in [3.05, 3.63) is 29.1 Å². The fraction of sp³-hybridized carbons (Fsp3) is 0.562. The highest BCUT2D eigenvalue weighted by Gasteiger charge is 2.09. The summed E-state index contributed by atoms with van der Waals surface area (Å²) in [7, 11) is 0. The van der Waals surface area contributed by atoms with Crippen LogP contribution in [-0.4, -0.2) is 12.4 Å². The molecule has 0 aromatic heterocycles. The van der Waals surface area contributed by atoms with Crippen LogP contribution in [0, 0.1) is 12.7 Å². The van der Waals surface area contributed by atoms with Crippen LogP contribution in [0.25, 0.3) is 0 Å². The van der Waals surface area contributed by atoms with Gasteiger partial charge in [0, 0.05) is 12.5 Å². The Balaban J connectivity index is 0.00000154. The van der Waals surface area contributed by atoms with Gasteiger partial charge in [-0.25, -0.2) is 4.39 Å². The molecule has 1 aromatic rings. The van der Waals surface area contributed by atoms with Crippen molar-refractivity contribution in [2.45, 2.75) is 53.9 Å². The second-order valence-corrected chi connectivity index (χ2v) is 4.27. The molecule has 0 fully saturated rings. The fourth-order valence-electron chi connectivity index (χ4n) is 1.58. The van der Waals surface area contributed by atoms with E-state index >= 15 is 0 Å². The molecule has 0 N–H and O–H groups in total. The summed E-state index contributed by atoms with van der Waals surface area (Å²) in [6, 6.07) is 3.14. The Morgan fingerprint density at radius 1 is 1.32 bits per heavy atom. The van der Waals surface area contributed by atoms with E-state index in [-0.39, 0.29) is 18.0 Å². The smallest absolute Gasteiger partial charge is 0.134 e. The second-order valence-electron chi connectivity index (χ2n) is 4.27. The lowest BCUT2D eigenvalue weighted by Crippen LogP contribution is -2.03. The van der Waals surface area contributed by atoms with E-state index in [9.17, 15) is 9.18 Å². The van der Waals surface area contributed by atoms with E-state index in [1.165, 1.54) is 13.0 Å². The molecule has 108 valence electrons. The first kappa shape index (κ1) is 17.6. The van der Waals surface area contributed by atoms with Gasteiger partial charge in [-0.05, 0) is 37.5 Å². The highest BCUT2D eigenvalue weighted by molar-refractivity contribution is 5.78. The average Bonchev–Trinajstić information content (AvgIpc) is 2.37. The fourth-order valence-corrected chi connectivity index (χ4v) is 1.58. The van der Waals surface area contributed by atoms with Crippen molar-refractivity contribution in [2.24, 2.45) is 0 Å². The number of ketones is 1. The first-order valence-electron chi connectivity index (χ1n) is 6.95. The number of hydrogen-bond donors (Lipinski definition) is 0. The van der Waals surface area contributed by atoms with E-state index in [4.69, 9.17) is 4.74 Å². The summed E-state index contributed by atoms with van der Waals surface area (Å²) in [5, 5.41) is 0. The van der Waals surface area contributed by atoms with Crippen molar-refractivity contribution in [1.82, 2.24) is 0 Å². The summed E-state index contributed by atoms with van der Waals surface area (Å²) in [6.45, 7) is 9.84. The molecule has 3 heteroatoms. The van der Waals surface area contributed by atoms with Gasteiger partial charge in [0.25, 0.3) is 0 Å². The Hall–Kier alpha value is -1.38. The molecule has 19 heavy (non-hydrogen) atoms. The average molecular weight is 268 g/mol. The molecule has 2 nitrogen and oxygen atoms in total. The minimum atomic E-state index is -0.310. The molecule has 1 aromatic carbocycles. The van der Waals surface area contributed by atoms with Gasteiger partial charge in [-0.3, -0.25) is 4.79 Å². The summed E-state index contributed by atoms with van der Waals surface area (Å²) in [6.07, 6.45) is 2.24. The van der Waals surface area contributed by atoms with Gasteiger partial charge < -0.3 is 4.74 Å². The van der Waals surface area contributed by atoms with Crippen LogP contribution in [0.5, 0.6) is 5.75 Å². The van der Waals surface area contributed by atoms with Crippen molar-refractivity contribution in [3.63, 3.8) is 0 Å². The predicted octanol–water partition coefficient (Wildman–Crippen LogP) is 4.47. The third kappa shape index (κ3) is 6.37. The number of carbonyl (C=O) groups excluding carboxylic acids is 1. The molecule has 0 unspecified atom stereocenters. The largest absolute Gasteiger partial charge is 0.493 e. The first-order valence-corrected chi connectivity index (χ1v) is 6.95. The summed E-state index contributed by atoms with van der Waals surface area (Å²) >= 11 is 0. The minimum absolute atomic E-state index is 0.0261. The maximum atomic E-state index is 13.6. The summed E-state index contributed by atoms with van der Waals surface area (Å²) in [5.74, 6) is 0.228. The van der Waals surface area contributed by atoms with E-state index < -0.39 is 0 Å². The van der Waals surface area contributed by atoms with Gasteiger partial charge in [0.1, 0.15) is 17.3 Å². The molecule has 1 rings (SSSR count). The number of halogens is 1. The Morgan fingerprint density at radius 3 is 2.47 bits per heavy atom. The molecule has 0 bridgehead atoms. The van der Waals surface area contributed by atoms with Gasteiger partial charge in [-0.2, -0.15) is 0 Å². The molecule has 0 aliphatic heterocycles. The highest BCUT2D eigenvalue weighted by Crippen LogP contribution is 2.22. The van der Waals surface area contributed by atoms with Gasteiger partial charge in [-0.1, -0.05) is 27.2 Å². The van der Waals surface area contributed by atoms with E-state index in [1.807, 2.05) is 13.8 Å². The van der Waals surface area contributed by atoms with Crippen molar-refractivity contribution in [3.8, 4) is 5.75 Å². The van der Waals surface area contributed by atoms with Gasteiger partial charge >= 0.3 is 0 Å². The lowest BCUT2D eigenvalue weighted by atomic mass is 10.0. The van der Waals surface area contributed by atoms with E-state index in [0.717, 1.165) is 12.8 Å². The molecule has 0 atom stereocenters. The Bertz CT molecular complexity index is 400. The van der Waals surface area contributed by atoms with Crippen LogP contribution in [0.15, 0.2) is 12.1 Å². The Morgan fingerprint density at radius 2 is 1.95 bits per heavy atom. The van der Waals surface area contributed by atoms with Crippen LogP contribution in [-0.2, 0) is 11.2 Å². The number of carbonyl (C=O) groups is 1. The SMILES string of the molecule is CC.CCCCOc1cc(F)c(C)c(CC(C)=O)c1. The van der Waals surface area contributed by atoms with E-state index in [1.54, 1.807) is 13.0 Å². The van der Waals surface area contributed by atoms with Crippen molar-refractivity contribution < 1.29 is 13.9 Å². The number of rotatable bonds is 6. The number of unbranched alkanes of at least 4 members (excludes halogenated alkanes) is 1. The number of benzene rings is 1. The van der Waals surface area contributed by atoms with Crippen LogP contribution >= 0.6 is 0 Å².